The average molecular weight is 353 g/mol. The van der Waals surface area contributed by atoms with Crippen LogP contribution in [0.15, 0.2) is 34.9 Å². The molecule has 0 unspecified atom stereocenters. The van der Waals surface area contributed by atoms with Gasteiger partial charge in [0.1, 0.15) is 0 Å². The number of carbonyl (C=O) groups is 1. The van der Waals surface area contributed by atoms with Gasteiger partial charge in [-0.05, 0) is 52.0 Å². The summed E-state index contributed by atoms with van der Waals surface area (Å²) in [6, 6.07) is 7.63. The molecule has 2 aromatic rings. The smallest absolute Gasteiger partial charge is 0.165 e. The van der Waals surface area contributed by atoms with Crippen molar-refractivity contribution in [2.75, 3.05) is 0 Å². The highest BCUT2D eigenvalue weighted by Gasteiger charge is 2.33. The van der Waals surface area contributed by atoms with E-state index in [1.54, 1.807) is 0 Å². The Hall–Kier alpha value is -1.06. The van der Waals surface area contributed by atoms with Crippen LogP contribution < -0.4 is 0 Å². The normalized spacial score (nSPS) is 17.1. The first-order valence-corrected chi connectivity index (χ1v) is 7.73. The van der Waals surface area contributed by atoms with Gasteiger partial charge in [0.15, 0.2) is 5.78 Å². The molecule has 1 aliphatic rings. The Balaban J connectivity index is 2.16. The van der Waals surface area contributed by atoms with E-state index in [1.165, 1.54) is 0 Å². The molecule has 0 spiro atoms. The van der Waals surface area contributed by atoms with Gasteiger partial charge in [-0.15, -0.1) is 0 Å². The molecule has 3 rings (SSSR count). The van der Waals surface area contributed by atoms with Crippen LogP contribution in [0.1, 0.15) is 36.3 Å². The topological polar surface area (TPSA) is 22.0 Å². The van der Waals surface area contributed by atoms with Crippen molar-refractivity contribution >= 4 is 33.3 Å². The predicted molar refractivity (Wildman–Crippen MR) is 84.9 cm³/mol. The maximum Gasteiger partial charge on any atom is 0.165 e. The first-order chi connectivity index (χ1) is 9.37. The minimum atomic E-state index is 0.0130. The van der Waals surface area contributed by atoms with E-state index in [0.717, 1.165) is 27.8 Å². The van der Waals surface area contributed by atoms with Gasteiger partial charge < -0.3 is 4.57 Å². The summed E-state index contributed by atoms with van der Waals surface area (Å²) in [5.74, 6) is 0.236. The van der Waals surface area contributed by atoms with E-state index in [0.29, 0.717) is 11.4 Å². The summed E-state index contributed by atoms with van der Waals surface area (Å²) in [5, 5.41) is 0.693. The highest BCUT2D eigenvalue weighted by Crippen LogP contribution is 2.37. The third-order valence-electron chi connectivity index (χ3n) is 3.75. The second-order valence-corrected chi connectivity index (χ2v) is 7.37. The second-order valence-electron chi connectivity index (χ2n) is 6.08. The Morgan fingerprint density at radius 2 is 2.00 bits per heavy atom. The summed E-state index contributed by atoms with van der Waals surface area (Å²) in [6.07, 6.45) is 3.49. The van der Waals surface area contributed by atoms with Gasteiger partial charge in [0.05, 0.1) is 5.69 Å². The monoisotopic (exact) mass is 351 g/mol. The maximum atomic E-state index is 12.2. The molecule has 0 fully saturated rings. The lowest BCUT2D eigenvalue weighted by Gasteiger charge is -2.29. The fraction of sp³-hybridized carbons (Fsp3) is 0.312. The van der Waals surface area contributed by atoms with Gasteiger partial charge in [0.25, 0.3) is 0 Å². The Labute approximate surface area is 131 Å². The Kier molecular flexibility index (Phi) is 3.30. The molecule has 1 heterocycles. The summed E-state index contributed by atoms with van der Waals surface area (Å²) in [4.78, 5) is 12.2. The van der Waals surface area contributed by atoms with E-state index in [-0.39, 0.29) is 11.2 Å². The fourth-order valence-corrected chi connectivity index (χ4v) is 3.72. The van der Waals surface area contributed by atoms with Crippen molar-refractivity contribution in [3.05, 3.63) is 51.2 Å². The Bertz CT molecular complexity index is 702. The van der Waals surface area contributed by atoms with Gasteiger partial charge in [0, 0.05) is 33.4 Å². The molecule has 0 saturated carbocycles. The molecule has 0 bridgehead atoms. The molecule has 2 nitrogen and oxygen atoms in total. The van der Waals surface area contributed by atoms with Crippen molar-refractivity contribution in [2.45, 2.75) is 26.7 Å². The van der Waals surface area contributed by atoms with Gasteiger partial charge in [-0.2, -0.15) is 0 Å². The molecule has 0 N–H and O–H groups in total. The standard InChI is InChI=1S/C16H15BrClNO/c1-16(2)8-14-11(15(20)9-16)5-6-19(14)13-4-3-10(18)7-12(13)17/h3-7H,8-9H2,1-2H3. The minimum Gasteiger partial charge on any atom is -0.319 e. The van der Waals surface area contributed by atoms with Crippen LogP contribution in [0.5, 0.6) is 0 Å². The van der Waals surface area contributed by atoms with Crippen molar-refractivity contribution in [1.29, 1.82) is 0 Å². The summed E-state index contributed by atoms with van der Waals surface area (Å²) in [5.41, 5.74) is 2.97. The average Bonchev–Trinajstić information content (AvgIpc) is 2.71. The Morgan fingerprint density at radius 1 is 1.25 bits per heavy atom. The number of carbonyl (C=O) groups excluding carboxylic acids is 1. The predicted octanol–water partition coefficient (Wildman–Crippen LogP) is 5.05. The molecule has 4 heteroatoms. The zero-order chi connectivity index (χ0) is 14.5. The molecule has 20 heavy (non-hydrogen) atoms. The van der Waals surface area contributed by atoms with Crippen LogP contribution in [0.2, 0.25) is 5.02 Å². The number of Topliss-reactive ketones (excluding diaryl/α,β-unsaturated/α-hetero) is 1. The number of benzene rings is 1. The van der Waals surface area contributed by atoms with Gasteiger partial charge >= 0.3 is 0 Å². The van der Waals surface area contributed by atoms with Gasteiger partial charge in [-0.1, -0.05) is 25.4 Å². The second kappa shape index (κ2) is 4.74. The lowest BCUT2D eigenvalue weighted by Crippen LogP contribution is -2.27. The number of nitrogens with zero attached hydrogens (tertiary/aromatic N) is 1. The number of hydrogen-bond acceptors (Lipinski definition) is 1. The molecule has 0 saturated heterocycles. The van der Waals surface area contributed by atoms with Crippen molar-refractivity contribution in [3.8, 4) is 5.69 Å². The summed E-state index contributed by atoms with van der Waals surface area (Å²) >= 11 is 9.55. The zero-order valence-corrected chi connectivity index (χ0v) is 13.8. The number of hydrogen-bond donors (Lipinski definition) is 0. The highest BCUT2D eigenvalue weighted by atomic mass is 79.9. The van der Waals surface area contributed by atoms with E-state index in [2.05, 4.69) is 34.3 Å². The number of ketones is 1. The molecule has 1 aromatic heterocycles. The van der Waals surface area contributed by atoms with E-state index in [1.807, 2.05) is 30.5 Å². The molecule has 0 atom stereocenters. The van der Waals surface area contributed by atoms with E-state index in [4.69, 9.17) is 11.6 Å². The largest absolute Gasteiger partial charge is 0.319 e. The third kappa shape index (κ3) is 2.33. The van der Waals surface area contributed by atoms with Gasteiger partial charge in [-0.25, -0.2) is 0 Å². The van der Waals surface area contributed by atoms with Crippen LogP contribution in [0.3, 0.4) is 0 Å². The van der Waals surface area contributed by atoms with Gasteiger partial charge in [0.2, 0.25) is 0 Å². The number of halogens is 2. The van der Waals surface area contributed by atoms with E-state index in [9.17, 15) is 4.79 Å². The van der Waals surface area contributed by atoms with Gasteiger partial charge in [-0.3, -0.25) is 4.79 Å². The van der Waals surface area contributed by atoms with Crippen molar-refractivity contribution in [2.24, 2.45) is 5.41 Å². The SMILES string of the molecule is CC1(C)CC(=O)c2ccn(-c3ccc(Cl)cc3Br)c2C1. The number of rotatable bonds is 1. The third-order valence-corrected chi connectivity index (χ3v) is 4.62. The van der Waals surface area contributed by atoms with E-state index < -0.39 is 0 Å². The highest BCUT2D eigenvalue weighted by molar-refractivity contribution is 9.10. The van der Waals surface area contributed by atoms with Crippen molar-refractivity contribution in [3.63, 3.8) is 0 Å². The van der Waals surface area contributed by atoms with E-state index >= 15 is 0 Å². The van der Waals surface area contributed by atoms with Crippen LogP contribution in [0, 0.1) is 5.41 Å². The summed E-state index contributed by atoms with van der Waals surface area (Å²) < 4.78 is 3.02. The fourth-order valence-electron chi connectivity index (χ4n) is 2.85. The molecule has 1 aliphatic carbocycles. The molecule has 0 radical (unpaired) electrons. The lowest BCUT2D eigenvalue weighted by molar-refractivity contribution is 0.0911. The molecular weight excluding hydrogens is 338 g/mol. The van der Waals surface area contributed by atoms with Crippen LogP contribution >= 0.6 is 27.5 Å². The maximum absolute atomic E-state index is 12.2. The van der Waals surface area contributed by atoms with Crippen LogP contribution in [-0.4, -0.2) is 10.4 Å². The van der Waals surface area contributed by atoms with Crippen LogP contribution in [0.4, 0.5) is 0 Å². The van der Waals surface area contributed by atoms with Crippen LogP contribution in [0.25, 0.3) is 5.69 Å². The number of aromatic nitrogens is 1. The summed E-state index contributed by atoms with van der Waals surface area (Å²) in [6.45, 7) is 4.28. The molecule has 1 aromatic carbocycles. The first kappa shape index (κ1) is 13.9. The molecular formula is C16H15BrClNO. The van der Waals surface area contributed by atoms with Crippen molar-refractivity contribution < 1.29 is 4.79 Å². The molecule has 0 aliphatic heterocycles. The molecule has 104 valence electrons. The van der Waals surface area contributed by atoms with Crippen LogP contribution in [-0.2, 0) is 6.42 Å². The minimum absolute atomic E-state index is 0.0130. The summed E-state index contributed by atoms with van der Waals surface area (Å²) in [7, 11) is 0. The number of fused-ring (bicyclic) bond motifs is 1. The molecule has 0 amide bonds. The zero-order valence-electron chi connectivity index (χ0n) is 11.4. The first-order valence-electron chi connectivity index (χ1n) is 6.56. The quantitative estimate of drug-likeness (QED) is 0.704. The van der Waals surface area contributed by atoms with Crippen molar-refractivity contribution in [1.82, 2.24) is 4.57 Å². The lowest BCUT2D eigenvalue weighted by atomic mass is 9.76. The Morgan fingerprint density at radius 3 is 2.70 bits per heavy atom.